The standard InChI is InChI=1S/C10H10Cl2N2O2S/c1-5-8(10(15)16)9(14-6(2)13-5)17-4-7(12)3-11/h3H,4H2,1-2H3,(H,15,16). The Hall–Kier alpha value is -0.780. The summed E-state index contributed by atoms with van der Waals surface area (Å²) in [6, 6.07) is 0. The predicted molar refractivity (Wildman–Crippen MR) is 69.0 cm³/mol. The first-order chi connectivity index (χ1) is 7.95. The molecule has 0 fully saturated rings. The third-order valence-electron chi connectivity index (χ3n) is 1.85. The number of aromatic nitrogens is 2. The van der Waals surface area contributed by atoms with Crippen LogP contribution in [0.15, 0.2) is 15.6 Å². The van der Waals surface area contributed by atoms with Crippen LogP contribution in [-0.4, -0.2) is 26.8 Å². The van der Waals surface area contributed by atoms with E-state index in [0.29, 0.717) is 27.3 Å². The Balaban J connectivity index is 3.08. The molecule has 17 heavy (non-hydrogen) atoms. The lowest BCUT2D eigenvalue weighted by molar-refractivity contribution is 0.0690. The Bertz CT molecular complexity index is 478. The molecule has 0 aliphatic heterocycles. The van der Waals surface area contributed by atoms with Gasteiger partial charge in [0.1, 0.15) is 16.4 Å². The van der Waals surface area contributed by atoms with E-state index in [2.05, 4.69) is 9.97 Å². The number of thioether (sulfide) groups is 1. The third-order valence-corrected chi connectivity index (χ3v) is 3.65. The van der Waals surface area contributed by atoms with Crippen molar-refractivity contribution >= 4 is 40.9 Å². The second-order valence-corrected chi connectivity index (χ2v) is 4.85. The summed E-state index contributed by atoms with van der Waals surface area (Å²) in [7, 11) is 0. The summed E-state index contributed by atoms with van der Waals surface area (Å²) in [6.45, 7) is 3.35. The Morgan fingerprint density at radius 2 is 2.12 bits per heavy atom. The molecule has 0 atom stereocenters. The third kappa shape index (κ3) is 3.87. The normalized spacial score (nSPS) is 11.6. The van der Waals surface area contributed by atoms with Crippen LogP contribution in [0.2, 0.25) is 0 Å². The molecule has 0 spiro atoms. The van der Waals surface area contributed by atoms with Crippen molar-refractivity contribution in [1.82, 2.24) is 9.97 Å². The molecule has 1 aromatic rings. The number of carboxylic acid groups (broad SMARTS) is 1. The largest absolute Gasteiger partial charge is 0.478 e. The van der Waals surface area contributed by atoms with Crippen molar-refractivity contribution in [2.24, 2.45) is 0 Å². The first kappa shape index (κ1) is 14.3. The van der Waals surface area contributed by atoms with Gasteiger partial charge in [-0.05, 0) is 13.8 Å². The van der Waals surface area contributed by atoms with E-state index >= 15 is 0 Å². The summed E-state index contributed by atoms with van der Waals surface area (Å²) in [5.74, 6) is -0.140. The lowest BCUT2D eigenvalue weighted by atomic mass is 10.2. The lowest BCUT2D eigenvalue weighted by Crippen LogP contribution is -2.08. The highest BCUT2D eigenvalue weighted by molar-refractivity contribution is 7.99. The van der Waals surface area contributed by atoms with Gasteiger partial charge in [-0.1, -0.05) is 35.0 Å². The van der Waals surface area contributed by atoms with Gasteiger partial charge in [-0.2, -0.15) is 0 Å². The molecule has 0 aliphatic rings. The molecule has 0 saturated carbocycles. The number of hydrogen-bond acceptors (Lipinski definition) is 4. The number of rotatable bonds is 4. The molecular formula is C10H10Cl2N2O2S. The van der Waals surface area contributed by atoms with Crippen molar-refractivity contribution in [2.75, 3.05) is 5.75 Å². The van der Waals surface area contributed by atoms with Crippen molar-refractivity contribution in [3.05, 3.63) is 27.6 Å². The summed E-state index contributed by atoms with van der Waals surface area (Å²) >= 11 is 12.4. The predicted octanol–water partition coefficient (Wildman–Crippen LogP) is 3.20. The summed E-state index contributed by atoms with van der Waals surface area (Å²) in [5, 5.41) is 9.93. The van der Waals surface area contributed by atoms with Gasteiger partial charge in [0.25, 0.3) is 0 Å². The fourth-order valence-electron chi connectivity index (χ4n) is 1.20. The average molecular weight is 293 g/mol. The van der Waals surface area contributed by atoms with Crippen molar-refractivity contribution in [3.63, 3.8) is 0 Å². The minimum atomic E-state index is -1.05. The molecule has 92 valence electrons. The van der Waals surface area contributed by atoms with Crippen LogP contribution in [-0.2, 0) is 0 Å². The van der Waals surface area contributed by atoms with E-state index in [1.807, 2.05) is 0 Å². The zero-order chi connectivity index (χ0) is 13.0. The molecular weight excluding hydrogens is 283 g/mol. The summed E-state index contributed by atoms with van der Waals surface area (Å²) in [4.78, 5) is 19.2. The molecule has 1 heterocycles. The second-order valence-electron chi connectivity index (χ2n) is 3.19. The van der Waals surface area contributed by atoms with E-state index in [9.17, 15) is 4.79 Å². The molecule has 0 amide bonds. The SMILES string of the molecule is Cc1nc(C)c(C(=O)O)c(SCC(Cl)=CCl)n1. The molecule has 0 saturated heterocycles. The van der Waals surface area contributed by atoms with Crippen molar-refractivity contribution in [1.29, 1.82) is 0 Å². The first-order valence-electron chi connectivity index (χ1n) is 4.61. The van der Waals surface area contributed by atoms with Gasteiger partial charge < -0.3 is 5.11 Å². The molecule has 1 N–H and O–H groups in total. The monoisotopic (exact) mass is 292 g/mol. The zero-order valence-electron chi connectivity index (χ0n) is 9.20. The van der Waals surface area contributed by atoms with E-state index in [1.165, 1.54) is 17.3 Å². The molecule has 0 aliphatic carbocycles. The van der Waals surface area contributed by atoms with E-state index in [1.54, 1.807) is 13.8 Å². The zero-order valence-corrected chi connectivity index (χ0v) is 11.5. The van der Waals surface area contributed by atoms with Gasteiger partial charge >= 0.3 is 5.97 Å². The Kier molecular flexibility index (Phi) is 5.24. The highest BCUT2D eigenvalue weighted by Gasteiger charge is 2.17. The molecule has 1 aromatic heterocycles. The molecule has 0 aromatic carbocycles. The van der Waals surface area contributed by atoms with Crippen LogP contribution >= 0.6 is 35.0 Å². The maximum absolute atomic E-state index is 11.1. The van der Waals surface area contributed by atoms with Crippen LogP contribution in [0.25, 0.3) is 0 Å². The van der Waals surface area contributed by atoms with Gasteiger partial charge in [-0.25, -0.2) is 14.8 Å². The van der Waals surface area contributed by atoms with Crippen molar-refractivity contribution in [2.45, 2.75) is 18.9 Å². The van der Waals surface area contributed by atoms with Crippen LogP contribution in [0.4, 0.5) is 0 Å². The molecule has 0 radical (unpaired) electrons. The van der Waals surface area contributed by atoms with Gasteiger partial charge in [0, 0.05) is 16.3 Å². The molecule has 4 nitrogen and oxygen atoms in total. The number of carbonyl (C=O) groups is 1. The molecule has 1 rings (SSSR count). The maximum atomic E-state index is 11.1. The number of carboxylic acids is 1. The van der Waals surface area contributed by atoms with Crippen molar-refractivity contribution in [3.8, 4) is 0 Å². The number of aryl methyl sites for hydroxylation is 2. The average Bonchev–Trinajstić information content (AvgIpc) is 2.24. The first-order valence-corrected chi connectivity index (χ1v) is 6.41. The fourth-order valence-corrected chi connectivity index (χ4v) is 2.47. The van der Waals surface area contributed by atoms with Crippen LogP contribution < -0.4 is 0 Å². The van der Waals surface area contributed by atoms with Gasteiger partial charge in [0.15, 0.2) is 0 Å². The van der Waals surface area contributed by atoms with Crippen LogP contribution in [0, 0.1) is 13.8 Å². The van der Waals surface area contributed by atoms with Crippen LogP contribution in [0.5, 0.6) is 0 Å². The van der Waals surface area contributed by atoms with E-state index in [-0.39, 0.29) is 5.56 Å². The highest BCUT2D eigenvalue weighted by atomic mass is 35.5. The molecule has 0 unspecified atom stereocenters. The van der Waals surface area contributed by atoms with Gasteiger partial charge in [-0.15, -0.1) is 0 Å². The number of aromatic carboxylic acids is 1. The Labute approximate surface area is 113 Å². The lowest BCUT2D eigenvalue weighted by Gasteiger charge is -2.07. The quantitative estimate of drug-likeness (QED) is 0.682. The van der Waals surface area contributed by atoms with Gasteiger partial charge in [0.2, 0.25) is 0 Å². The minimum Gasteiger partial charge on any atom is -0.478 e. The topological polar surface area (TPSA) is 63.1 Å². The smallest absolute Gasteiger partial charge is 0.340 e. The Morgan fingerprint density at radius 3 is 2.65 bits per heavy atom. The number of halogens is 2. The second kappa shape index (κ2) is 6.23. The van der Waals surface area contributed by atoms with Crippen LogP contribution in [0.3, 0.4) is 0 Å². The fraction of sp³-hybridized carbons (Fsp3) is 0.300. The number of nitrogens with zero attached hydrogens (tertiary/aromatic N) is 2. The molecule has 0 bridgehead atoms. The van der Waals surface area contributed by atoms with E-state index < -0.39 is 5.97 Å². The summed E-state index contributed by atoms with van der Waals surface area (Å²) in [5.41, 5.74) is 1.80. The highest BCUT2D eigenvalue weighted by Crippen LogP contribution is 2.25. The summed E-state index contributed by atoms with van der Waals surface area (Å²) in [6.07, 6.45) is 0. The Morgan fingerprint density at radius 1 is 1.47 bits per heavy atom. The maximum Gasteiger partial charge on any atom is 0.340 e. The van der Waals surface area contributed by atoms with Gasteiger partial charge in [-0.3, -0.25) is 0 Å². The minimum absolute atomic E-state index is 0.111. The van der Waals surface area contributed by atoms with Gasteiger partial charge in [0.05, 0.1) is 5.69 Å². The molecule has 7 heteroatoms. The van der Waals surface area contributed by atoms with E-state index in [4.69, 9.17) is 28.3 Å². The van der Waals surface area contributed by atoms with Crippen LogP contribution in [0.1, 0.15) is 21.9 Å². The van der Waals surface area contributed by atoms with E-state index in [0.717, 1.165) is 0 Å². The number of hydrogen-bond donors (Lipinski definition) is 1. The summed E-state index contributed by atoms with van der Waals surface area (Å²) < 4.78 is 0. The van der Waals surface area contributed by atoms with Crippen molar-refractivity contribution < 1.29 is 9.90 Å².